The molecule has 12 nitrogen and oxygen atoms in total. The van der Waals surface area contributed by atoms with Gasteiger partial charge < -0.3 is 36.8 Å². The third kappa shape index (κ3) is 8.99. The van der Waals surface area contributed by atoms with Crippen LogP contribution in [0.5, 0.6) is 0 Å². The monoisotopic (exact) mass is 585 g/mol. The maximum Gasteiger partial charge on any atom is 0.247 e. The summed E-state index contributed by atoms with van der Waals surface area (Å²) in [6.07, 6.45) is 2.14. The fourth-order valence-corrected chi connectivity index (χ4v) is 5.02. The van der Waals surface area contributed by atoms with Gasteiger partial charge in [-0.3, -0.25) is 24.0 Å². The van der Waals surface area contributed by atoms with E-state index < -0.39 is 47.3 Å². The molecule has 2 aliphatic rings. The van der Waals surface area contributed by atoms with Crippen LogP contribution in [0.4, 0.5) is 0 Å². The molecular weight excluding hydrogens is 538 g/mol. The van der Waals surface area contributed by atoms with Crippen molar-refractivity contribution in [2.75, 3.05) is 33.2 Å². The van der Waals surface area contributed by atoms with Crippen LogP contribution in [0.1, 0.15) is 65.0 Å². The minimum atomic E-state index is -1.42. The number of nitrogens with zero attached hydrogens (tertiary/aromatic N) is 1. The largest absolute Gasteiger partial charge is 0.354 e. The highest BCUT2D eigenvalue weighted by Crippen LogP contribution is 2.16. The number of rotatable bonds is 7. The van der Waals surface area contributed by atoms with Gasteiger partial charge in [0, 0.05) is 25.0 Å². The fraction of sp³-hybridized carbons (Fsp3) is 0.633. The van der Waals surface area contributed by atoms with Crippen molar-refractivity contribution in [3.05, 3.63) is 35.9 Å². The molecule has 3 rings (SSSR count). The third-order valence-electron chi connectivity index (χ3n) is 8.02. The zero-order chi connectivity index (χ0) is 30.9. The van der Waals surface area contributed by atoms with Gasteiger partial charge in [0.1, 0.15) is 23.7 Å². The van der Waals surface area contributed by atoms with Crippen LogP contribution in [0, 0.1) is 5.92 Å². The maximum absolute atomic E-state index is 13.8. The van der Waals surface area contributed by atoms with Crippen LogP contribution >= 0.6 is 0 Å². The SMILES string of the molecule is CC[C@@H]1NC(=O)[C@H](CNC2CCN(C)CC2)NC(=O)[C@](C)(NC(=O)C(C)C)CCNC(=O)[C@@H](c2ccccc2)NC1=O. The van der Waals surface area contributed by atoms with Gasteiger partial charge in [-0.05, 0) is 58.3 Å². The third-order valence-corrected chi connectivity index (χ3v) is 8.02. The lowest BCUT2D eigenvalue weighted by Crippen LogP contribution is -2.64. The second-order valence-corrected chi connectivity index (χ2v) is 11.9. The van der Waals surface area contributed by atoms with Gasteiger partial charge in [-0.15, -0.1) is 0 Å². The number of hydrogen-bond acceptors (Lipinski definition) is 7. The number of nitrogens with one attached hydrogen (secondary N) is 6. The summed E-state index contributed by atoms with van der Waals surface area (Å²) in [6.45, 7) is 8.84. The molecule has 12 heteroatoms. The topological polar surface area (TPSA) is 161 Å². The molecular formula is C30H47N7O5. The highest BCUT2D eigenvalue weighted by Gasteiger charge is 2.39. The Morgan fingerprint density at radius 1 is 0.976 bits per heavy atom. The summed E-state index contributed by atoms with van der Waals surface area (Å²) in [5.74, 6) is -2.76. The van der Waals surface area contributed by atoms with Gasteiger partial charge in [-0.1, -0.05) is 51.1 Å². The molecule has 0 aromatic heterocycles. The molecule has 0 radical (unpaired) electrons. The highest BCUT2D eigenvalue weighted by molar-refractivity contribution is 5.97. The summed E-state index contributed by atoms with van der Waals surface area (Å²) in [6, 6.07) is 6.04. The van der Waals surface area contributed by atoms with Crippen molar-refractivity contribution in [2.24, 2.45) is 5.92 Å². The van der Waals surface area contributed by atoms with E-state index >= 15 is 0 Å². The van der Waals surface area contributed by atoms with Crippen molar-refractivity contribution in [1.82, 2.24) is 36.8 Å². The molecule has 42 heavy (non-hydrogen) atoms. The van der Waals surface area contributed by atoms with Crippen molar-refractivity contribution in [2.45, 2.75) is 83.1 Å². The quantitative estimate of drug-likeness (QED) is 0.262. The van der Waals surface area contributed by atoms with Crippen LogP contribution in [0.25, 0.3) is 0 Å². The summed E-state index contributed by atoms with van der Waals surface area (Å²) >= 11 is 0. The Hall–Kier alpha value is -3.51. The average molecular weight is 586 g/mol. The first-order chi connectivity index (χ1) is 19.9. The van der Waals surface area contributed by atoms with E-state index in [0.29, 0.717) is 5.56 Å². The minimum Gasteiger partial charge on any atom is -0.354 e. The molecule has 6 N–H and O–H groups in total. The normalized spacial score (nSPS) is 27.3. The Morgan fingerprint density at radius 3 is 2.24 bits per heavy atom. The Kier molecular flexibility index (Phi) is 11.9. The summed E-state index contributed by atoms with van der Waals surface area (Å²) in [4.78, 5) is 69.0. The second-order valence-electron chi connectivity index (χ2n) is 11.9. The summed E-state index contributed by atoms with van der Waals surface area (Å²) in [5.41, 5.74) is -0.842. The molecule has 0 bridgehead atoms. The van der Waals surface area contributed by atoms with E-state index in [-0.39, 0.29) is 43.8 Å². The fourth-order valence-electron chi connectivity index (χ4n) is 5.02. The standard InChI is InChI=1S/C30H47N7O5/c1-6-22-26(39)35-24(20-10-8-7-9-11-20)28(41)31-15-14-30(4,36-25(38)19(2)3)29(42)34-23(27(40)33-22)18-32-21-12-16-37(5)17-13-21/h7-11,19,21-24,32H,6,12-18H2,1-5H3,(H,31,41)(H,33,40)(H,34,42)(H,35,39)(H,36,38)/t22-,23-,24+,30+/m0/s1. The molecule has 1 aromatic carbocycles. The zero-order valence-electron chi connectivity index (χ0n) is 25.4. The molecule has 4 atom stereocenters. The predicted octanol–water partition coefficient (Wildman–Crippen LogP) is -0.0419. The Balaban J connectivity index is 1.92. The van der Waals surface area contributed by atoms with E-state index in [1.54, 1.807) is 52.0 Å². The molecule has 0 unspecified atom stereocenters. The molecule has 1 aromatic rings. The first kappa shape index (κ1) is 33.0. The molecule has 2 saturated heterocycles. The van der Waals surface area contributed by atoms with Gasteiger partial charge in [0.25, 0.3) is 0 Å². The van der Waals surface area contributed by atoms with E-state index in [1.165, 1.54) is 0 Å². The molecule has 0 aliphatic carbocycles. The van der Waals surface area contributed by atoms with Crippen molar-refractivity contribution in [3.63, 3.8) is 0 Å². The van der Waals surface area contributed by atoms with Crippen molar-refractivity contribution >= 4 is 29.5 Å². The van der Waals surface area contributed by atoms with E-state index in [1.807, 2.05) is 6.07 Å². The molecule has 5 amide bonds. The smallest absolute Gasteiger partial charge is 0.247 e. The van der Waals surface area contributed by atoms with Crippen molar-refractivity contribution in [3.8, 4) is 0 Å². The lowest BCUT2D eigenvalue weighted by molar-refractivity contribution is -0.138. The van der Waals surface area contributed by atoms with Gasteiger partial charge in [-0.2, -0.15) is 0 Å². The zero-order valence-corrected chi connectivity index (χ0v) is 25.4. The van der Waals surface area contributed by atoms with Crippen LogP contribution in [0.3, 0.4) is 0 Å². The molecule has 232 valence electrons. The summed E-state index contributed by atoms with van der Waals surface area (Å²) < 4.78 is 0. The summed E-state index contributed by atoms with van der Waals surface area (Å²) in [7, 11) is 2.06. The van der Waals surface area contributed by atoms with Crippen molar-refractivity contribution in [1.29, 1.82) is 0 Å². The molecule has 2 fully saturated rings. The van der Waals surface area contributed by atoms with E-state index in [0.717, 1.165) is 25.9 Å². The number of benzene rings is 1. The number of carbonyl (C=O) groups is 5. The predicted molar refractivity (Wildman–Crippen MR) is 159 cm³/mol. The van der Waals surface area contributed by atoms with Crippen molar-refractivity contribution < 1.29 is 24.0 Å². The number of amides is 5. The number of hydrogen-bond donors (Lipinski definition) is 6. The van der Waals surface area contributed by atoms with Gasteiger partial charge in [-0.25, -0.2) is 0 Å². The molecule has 0 spiro atoms. The minimum absolute atomic E-state index is 0.0439. The number of piperidine rings is 1. The molecule has 2 aliphatic heterocycles. The van der Waals surface area contributed by atoms with E-state index in [4.69, 9.17) is 0 Å². The molecule has 0 saturated carbocycles. The van der Waals surface area contributed by atoms with Crippen LogP contribution in [0.15, 0.2) is 30.3 Å². The van der Waals surface area contributed by atoms with E-state index in [2.05, 4.69) is 43.8 Å². The number of carbonyl (C=O) groups excluding carboxylic acids is 5. The lowest BCUT2D eigenvalue weighted by atomic mass is 9.94. The summed E-state index contributed by atoms with van der Waals surface area (Å²) in [5, 5.41) is 17.5. The molecule has 2 heterocycles. The average Bonchev–Trinajstić information content (AvgIpc) is 2.96. The van der Waals surface area contributed by atoms with Crippen LogP contribution in [-0.4, -0.2) is 91.3 Å². The van der Waals surface area contributed by atoms with Gasteiger partial charge in [0.05, 0.1) is 0 Å². The first-order valence-electron chi connectivity index (χ1n) is 14.9. The number of likely N-dealkylation sites (tertiary alicyclic amines) is 1. The van der Waals surface area contributed by atoms with E-state index in [9.17, 15) is 24.0 Å². The Labute approximate surface area is 248 Å². The van der Waals surface area contributed by atoms with Crippen LogP contribution in [-0.2, 0) is 24.0 Å². The Bertz CT molecular complexity index is 1110. The van der Waals surface area contributed by atoms with Crippen LogP contribution < -0.4 is 31.9 Å². The highest BCUT2D eigenvalue weighted by atomic mass is 16.2. The first-order valence-corrected chi connectivity index (χ1v) is 14.9. The maximum atomic E-state index is 13.8. The van der Waals surface area contributed by atoms with Gasteiger partial charge in [0.2, 0.25) is 29.5 Å². The van der Waals surface area contributed by atoms with Gasteiger partial charge >= 0.3 is 0 Å². The lowest BCUT2D eigenvalue weighted by Gasteiger charge is -2.34. The van der Waals surface area contributed by atoms with Crippen LogP contribution in [0.2, 0.25) is 0 Å². The Morgan fingerprint density at radius 2 is 1.62 bits per heavy atom. The second kappa shape index (κ2) is 15.1. The van der Waals surface area contributed by atoms with Gasteiger partial charge in [0.15, 0.2) is 0 Å².